The molecule has 4 rings (SSSR count). The van der Waals surface area contributed by atoms with Gasteiger partial charge >= 0.3 is 6.18 Å². The molecule has 0 unspecified atom stereocenters. The number of alkyl halides is 3. The lowest BCUT2D eigenvalue weighted by molar-refractivity contribution is -0.173. The van der Waals surface area contributed by atoms with Crippen molar-refractivity contribution < 1.29 is 22.7 Å². The zero-order valence-corrected chi connectivity index (χ0v) is 17.6. The minimum atomic E-state index is -4.51. The van der Waals surface area contributed by atoms with E-state index in [9.17, 15) is 18.0 Å². The number of nitrogens with zero attached hydrogens (tertiary/aromatic N) is 3. The number of hydrogen-bond donors (Lipinski definition) is 1. The molecular weight excluding hydrogens is 421 g/mol. The maximum atomic E-state index is 13.9. The number of benzene rings is 2. The summed E-state index contributed by atoms with van der Waals surface area (Å²) in [7, 11) is 3.14. The lowest BCUT2D eigenvalue weighted by atomic mass is 9.96. The number of carbonyl (C=O) groups excluding carboxylic acids is 1. The van der Waals surface area contributed by atoms with Gasteiger partial charge in [-0.2, -0.15) is 18.3 Å². The molecule has 1 aromatic heterocycles. The van der Waals surface area contributed by atoms with E-state index in [-0.39, 0.29) is 17.8 Å². The van der Waals surface area contributed by atoms with E-state index in [4.69, 9.17) is 4.74 Å². The molecule has 1 N–H and O–H groups in total. The fourth-order valence-corrected chi connectivity index (χ4v) is 3.91. The van der Waals surface area contributed by atoms with Gasteiger partial charge in [0.15, 0.2) is 6.04 Å². The van der Waals surface area contributed by atoms with Gasteiger partial charge in [-0.15, -0.1) is 0 Å². The zero-order chi connectivity index (χ0) is 22.9. The van der Waals surface area contributed by atoms with Crippen LogP contribution in [0.25, 0.3) is 0 Å². The maximum Gasteiger partial charge on any atom is 0.410 e. The summed E-state index contributed by atoms with van der Waals surface area (Å²) in [6.45, 7) is 0.328. The van der Waals surface area contributed by atoms with Crippen molar-refractivity contribution in [3.8, 4) is 5.75 Å². The summed E-state index contributed by atoms with van der Waals surface area (Å²) < 4.78 is 47.7. The van der Waals surface area contributed by atoms with E-state index in [2.05, 4.69) is 10.4 Å². The van der Waals surface area contributed by atoms with Gasteiger partial charge in [0, 0.05) is 20.0 Å². The first-order valence-corrected chi connectivity index (χ1v) is 10.1. The Morgan fingerprint density at radius 2 is 1.88 bits per heavy atom. The van der Waals surface area contributed by atoms with E-state index in [0.29, 0.717) is 17.9 Å². The quantitative estimate of drug-likeness (QED) is 0.613. The van der Waals surface area contributed by atoms with Crippen LogP contribution in [0.3, 0.4) is 0 Å². The SMILES string of the molecule is COc1ccc([C@@H]2C[C@H](C(F)(F)F)n3ncc(C(=O)N(C)Cc4ccccc4)c3N2)cc1. The van der Waals surface area contributed by atoms with Crippen LogP contribution < -0.4 is 10.1 Å². The van der Waals surface area contributed by atoms with Crippen LogP contribution in [-0.2, 0) is 6.54 Å². The summed E-state index contributed by atoms with van der Waals surface area (Å²) in [5.74, 6) is 0.281. The van der Waals surface area contributed by atoms with E-state index >= 15 is 0 Å². The molecule has 1 aliphatic rings. The Morgan fingerprint density at radius 3 is 2.50 bits per heavy atom. The predicted molar refractivity (Wildman–Crippen MR) is 114 cm³/mol. The standard InChI is InChI=1S/C23H23F3N4O2/c1-29(14-15-6-4-3-5-7-15)22(31)18-13-27-30-20(23(24,25)26)12-19(28-21(18)30)16-8-10-17(32-2)11-9-16/h3-11,13,19-20,28H,12,14H2,1-2H3/t19-,20+/m0/s1. The van der Waals surface area contributed by atoms with Crippen LogP contribution in [0.15, 0.2) is 60.8 Å². The Balaban J connectivity index is 1.65. The minimum absolute atomic E-state index is 0.0734. The molecule has 168 valence electrons. The van der Waals surface area contributed by atoms with Crippen molar-refractivity contribution in [2.24, 2.45) is 0 Å². The van der Waals surface area contributed by atoms with Gasteiger partial charge in [-0.25, -0.2) is 4.68 Å². The summed E-state index contributed by atoms with van der Waals surface area (Å²) >= 11 is 0. The zero-order valence-electron chi connectivity index (χ0n) is 17.6. The first-order chi connectivity index (χ1) is 15.3. The number of carbonyl (C=O) groups is 1. The first-order valence-electron chi connectivity index (χ1n) is 10.1. The molecule has 1 amide bonds. The number of nitrogens with one attached hydrogen (secondary N) is 1. The van der Waals surface area contributed by atoms with Gasteiger partial charge in [0.2, 0.25) is 0 Å². The van der Waals surface area contributed by atoms with Crippen molar-refractivity contribution in [1.29, 1.82) is 0 Å². The molecule has 1 aliphatic heterocycles. The van der Waals surface area contributed by atoms with Crippen LogP contribution in [0.5, 0.6) is 5.75 Å². The highest BCUT2D eigenvalue weighted by atomic mass is 19.4. The number of halogens is 3. The van der Waals surface area contributed by atoms with E-state index in [1.165, 1.54) is 18.2 Å². The molecule has 0 bridgehead atoms. The van der Waals surface area contributed by atoms with Gasteiger partial charge in [0.05, 0.1) is 19.3 Å². The van der Waals surface area contributed by atoms with Crippen molar-refractivity contribution in [3.63, 3.8) is 0 Å². The Kier molecular flexibility index (Phi) is 5.82. The van der Waals surface area contributed by atoms with Crippen LogP contribution >= 0.6 is 0 Å². The minimum Gasteiger partial charge on any atom is -0.497 e. The second-order valence-corrected chi connectivity index (χ2v) is 7.76. The van der Waals surface area contributed by atoms with E-state index in [0.717, 1.165) is 10.2 Å². The van der Waals surface area contributed by atoms with Gasteiger partial charge in [0.1, 0.15) is 17.1 Å². The highest BCUT2D eigenvalue weighted by molar-refractivity contribution is 5.98. The number of fused-ring (bicyclic) bond motifs is 1. The highest BCUT2D eigenvalue weighted by Crippen LogP contribution is 2.44. The maximum absolute atomic E-state index is 13.9. The average molecular weight is 444 g/mol. The van der Waals surface area contributed by atoms with Crippen LogP contribution in [0.4, 0.5) is 19.0 Å². The second kappa shape index (κ2) is 8.57. The van der Waals surface area contributed by atoms with Crippen LogP contribution in [0, 0.1) is 0 Å². The van der Waals surface area contributed by atoms with Crippen molar-refractivity contribution in [2.75, 3.05) is 19.5 Å². The largest absolute Gasteiger partial charge is 0.497 e. The molecule has 0 aliphatic carbocycles. The third-order valence-corrected chi connectivity index (χ3v) is 5.60. The number of rotatable bonds is 5. The number of amides is 1. The molecule has 0 saturated carbocycles. The van der Waals surface area contributed by atoms with Crippen molar-refractivity contribution in [1.82, 2.24) is 14.7 Å². The average Bonchev–Trinajstić information content (AvgIpc) is 3.21. The molecule has 0 saturated heterocycles. The van der Waals surface area contributed by atoms with E-state index in [1.807, 2.05) is 30.3 Å². The van der Waals surface area contributed by atoms with Crippen LogP contribution in [-0.4, -0.2) is 40.9 Å². The Bertz CT molecular complexity index is 1080. The number of ether oxygens (including phenoxy) is 1. The van der Waals surface area contributed by atoms with Gasteiger partial charge < -0.3 is 15.0 Å². The fourth-order valence-electron chi connectivity index (χ4n) is 3.91. The Labute approximate surface area is 183 Å². The molecule has 0 radical (unpaired) electrons. The third kappa shape index (κ3) is 4.28. The molecule has 0 fully saturated rings. The fraction of sp³-hybridized carbons (Fsp3) is 0.304. The number of aromatic nitrogens is 2. The monoisotopic (exact) mass is 444 g/mol. The Morgan fingerprint density at radius 1 is 1.19 bits per heavy atom. The summed E-state index contributed by atoms with van der Waals surface area (Å²) in [5.41, 5.74) is 1.70. The summed E-state index contributed by atoms with van der Waals surface area (Å²) in [5, 5.41) is 7.05. The lowest BCUT2D eigenvalue weighted by Gasteiger charge is -2.34. The van der Waals surface area contributed by atoms with Crippen molar-refractivity contribution >= 4 is 11.7 Å². The third-order valence-electron chi connectivity index (χ3n) is 5.60. The Hall–Kier alpha value is -3.49. The summed E-state index contributed by atoms with van der Waals surface area (Å²) in [6.07, 6.45) is -3.54. The van der Waals surface area contributed by atoms with Crippen molar-refractivity contribution in [3.05, 3.63) is 77.5 Å². The van der Waals surface area contributed by atoms with Gasteiger partial charge in [-0.1, -0.05) is 42.5 Å². The number of methoxy groups -OCH3 is 1. The first kappa shape index (κ1) is 21.7. The molecule has 3 aromatic rings. The number of hydrogen-bond acceptors (Lipinski definition) is 4. The summed E-state index contributed by atoms with van der Waals surface area (Å²) in [4.78, 5) is 14.6. The smallest absolute Gasteiger partial charge is 0.410 e. The molecule has 2 atom stereocenters. The van der Waals surface area contributed by atoms with Crippen LogP contribution in [0.2, 0.25) is 0 Å². The van der Waals surface area contributed by atoms with Crippen LogP contribution in [0.1, 0.15) is 40.0 Å². The molecular formula is C23H23F3N4O2. The molecule has 9 heteroatoms. The molecule has 2 heterocycles. The molecule has 32 heavy (non-hydrogen) atoms. The normalized spacial score (nSPS) is 17.9. The van der Waals surface area contributed by atoms with E-state index < -0.39 is 24.2 Å². The molecule has 6 nitrogen and oxygen atoms in total. The van der Waals surface area contributed by atoms with Gasteiger partial charge in [-0.05, 0) is 23.3 Å². The highest BCUT2D eigenvalue weighted by Gasteiger charge is 2.47. The topological polar surface area (TPSA) is 59.4 Å². The summed E-state index contributed by atoms with van der Waals surface area (Å²) in [6, 6.07) is 13.7. The lowest BCUT2D eigenvalue weighted by Crippen LogP contribution is -2.36. The predicted octanol–water partition coefficient (Wildman–Crippen LogP) is 4.82. The van der Waals surface area contributed by atoms with Gasteiger partial charge in [0.25, 0.3) is 5.91 Å². The van der Waals surface area contributed by atoms with Gasteiger partial charge in [-0.3, -0.25) is 4.79 Å². The number of anilines is 1. The second-order valence-electron chi connectivity index (χ2n) is 7.76. The molecule has 2 aromatic carbocycles. The van der Waals surface area contributed by atoms with E-state index in [1.54, 1.807) is 31.3 Å². The van der Waals surface area contributed by atoms with Crippen molar-refractivity contribution in [2.45, 2.75) is 31.2 Å². The molecule has 0 spiro atoms.